The van der Waals surface area contributed by atoms with Gasteiger partial charge < -0.3 is 19.2 Å². The van der Waals surface area contributed by atoms with E-state index in [-0.39, 0.29) is 18.9 Å². The summed E-state index contributed by atoms with van der Waals surface area (Å²) in [5, 5.41) is 3.77. The quantitative estimate of drug-likeness (QED) is 0.200. The molecule has 214 valence electrons. The van der Waals surface area contributed by atoms with Crippen LogP contribution in [0.2, 0.25) is 0 Å². The Morgan fingerprint density at radius 1 is 0.850 bits per heavy atom. The molecule has 0 bridgehead atoms. The SMILES string of the molecule is COc1ccc(CN(Cc2ccc(OC)cc2)C2=NOC(c3ccc(F)c(SC(F)(F)F)c3)(C(F)(F)F)C2)cc1. The van der Waals surface area contributed by atoms with E-state index in [0.717, 1.165) is 17.2 Å². The summed E-state index contributed by atoms with van der Waals surface area (Å²) < 4.78 is 107. The second-order valence-electron chi connectivity index (χ2n) is 8.85. The zero-order valence-corrected chi connectivity index (χ0v) is 22.0. The lowest BCUT2D eigenvalue weighted by molar-refractivity contribution is -0.276. The summed E-state index contributed by atoms with van der Waals surface area (Å²) in [5.41, 5.74) is -7.26. The van der Waals surface area contributed by atoms with Gasteiger partial charge in [-0.15, -0.1) is 0 Å². The second-order valence-corrected chi connectivity index (χ2v) is 9.95. The first-order valence-electron chi connectivity index (χ1n) is 11.7. The number of halogens is 7. The zero-order valence-electron chi connectivity index (χ0n) is 21.1. The van der Waals surface area contributed by atoms with Crippen molar-refractivity contribution in [2.24, 2.45) is 5.16 Å². The van der Waals surface area contributed by atoms with Crippen molar-refractivity contribution < 1.29 is 45.0 Å². The summed E-state index contributed by atoms with van der Waals surface area (Å²) in [6, 6.07) is 15.6. The molecular formula is C27H23F7N2O3S. The van der Waals surface area contributed by atoms with Gasteiger partial charge in [-0.3, -0.25) is 0 Å². The van der Waals surface area contributed by atoms with Crippen LogP contribution in [0.4, 0.5) is 30.7 Å². The van der Waals surface area contributed by atoms with Crippen LogP contribution >= 0.6 is 11.8 Å². The molecule has 1 atom stereocenters. The van der Waals surface area contributed by atoms with Crippen LogP contribution in [0.1, 0.15) is 23.1 Å². The third-order valence-corrected chi connectivity index (χ3v) is 6.99. The molecule has 0 aliphatic carbocycles. The monoisotopic (exact) mass is 588 g/mol. The van der Waals surface area contributed by atoms with Gasteiger partial charge >= 0.3 is 11.7 Å². The Kier molecular flexibility index (Phi) is 8.43. The highest BCUT2D eigenvalue weighted by Crippen LogP contribution is 2.50. The highest BCUT2D eigenvalue weighted by atomic mass is 32.2. The molecule has 5 nitrogen and oxygen atoms in total. The van der Waals surface area contributed by atoms with Crippen LogP contribution in [0.3, 0.4) is 0 Å². The first-order valence-corrected chi connectivity index (χ1v) is 12.5. The van der Waals surface area contributed by atoms with Crippen molar-refractivity contribution in [1.29, 1.82) is 0 Å². The average Bonchev–Trinajstić information content (AvgIpc) is 3.37. The number of nitrogens with zero attached hydrogens (tertiary/aromatic N) is 2. The lowest BCUT2D eigenvalue weighted by atomic mass is 9.89. The van der Waals surface area contributed by atoms with E-state index >= 15 is 0 Å². The molecular weight excluding hydrogens is 565 g/mol. The maximum absolute atomic E-state index is 14.6. The fraction of sp³-hybridized carbons (Fsp3) is 0.296. The highest BCUT2D eigenvalue weighted by Gasteiger charge is 2.63. The van der Waals surface area contributed by atoms with E-state index in [2.05, 4.69) is 5.16 Å². The molecule has 3 aromatic rings. The average molecular weight is 589 g/mol. The van der Waals surface area contributed by atoms with Gasteiger partial charge in [-0.25, -0.2) is 4.39 Å². The fourth-order valence-corrected chi connectivity index (χ4v) is 4.76. The van der Waals surface area contributed by atoms with E-state index in [1.807, 2.05) is 0 Å². The minimum atomic E-state index is -5.10. The maximum Gasteiger partial charge on any atom is 0.446 e. The van der Waals surface area contributed by atoms with Gasteiger partial charge in [0, 0.05) is 18.7 Å². The summed E-state index contributed by atoms with van der Waals surface area (Å²) in [5.74, 6) is -0.208. The molecule has 0 aromatic heterocycles. The molecule has 13 heteroatoms. The van der Waals surface area contributed by atoms with Gasteiger partial charge in [0.05, 0.1) is 25.5 Å². The molecule has 40 heavy (non-hydrogen) atoms. The van der Waals surface area contributed by atoms with Gasteiger partial charge in [0.2, 0.25) is 0 Å². The van der Waals surface area contributed by atoms with Crippen molar-refractivity contribution in [3.05, 3.63) is 89.2 Å². The molecule has 0 spiro atoms. The third kappa shape index (κ3) is 6.57. The van der Waals surface area contributed by atoms with Crippen molar-refractivity contribution in [3.8, 4) is 11.5 Å². The predicted molar refractivity (Wildman–Crippen MR) is 134 cm³/mol. The van der Waals surface area contributed by atoms with Crippen LogP contribution in [0.5, 0.6) is 11.5 Å². The second kappa shape index (κ2) is 11.5. The molecule has 1 aliphatic rings. The number of ether oxygens (including phenoxy) is 2. The van der Waals surface area contributed by atoms with Crippen molar-refractivity contribution in [2.75, 3.05) is 14.2 Å². The van der Waals surface area contributed by atoms with Crippen molar-refractivity contribution in [2.45, 2.75) is 41.7 Å². The molecule has 1 unspecified atom stereocenters. The van der Waals surface area contributed by atoms with Crippen molar-refractivity contribution in [3.63, 3.8) is 0 Å². The molecule has 0 saturated heterocycles. The maximum atomic E-state index is 14.6. The Bertz CT molecular complexity index is 1300. The van der Waals surface area contributed by atoms with E-state index in [0.29, 0.717) is 23.6 Å². The molecule has 4 rings (SSSR count). The van der Waals surface area contributed by atoms with E-state index in [9.17, 15) is 30.7 Å². The fourth-order valence-electron chi connectivity index (χ4n) is 4.16. The van der Waals surface area contributed by atoms with Gasteiger partial charge in [0.25, 0.3) is 5.60 Å². The highest BCUT2D eigenvalue weighted by molar-refractivity contribution is 8.00. The molecule has 0 fully saturated rings. The molecule has 1 heterocycles. The first-order chi connectivity index (χ1) is 18.8. The van der Waals surface area contributed by atoms with Crippen molar-refractivity contribution in [1.82, 2.24) is 4.90 Å². The Morgan fingerprint density at radius 3 is 1.82 bits per heavy atom. The summed E-state index contributed by atoms with van der Waals surface area (Å²) in [4.78, 5) is 5.60. The van der Waals surface area contributed by atoms with Gasteiger partial charge in [-0.05, 0) is 59.3 Å². The zero-order chi connectivity index (χ0) is 29.1. The Balaban J connectivity index is 1.69. The van der Waals surface area contributed by atoms with Gasteiger partial charge in [0.1, 0.15) is 23.2 Å². The number of amidine groups is 1. The topological polar surface area (TPSA) is 43.3 Å². The molecule has 0 saturated carbocycles. The Labute approximate surface area is 229 Å². The van der Waals surface area contributed by atoms with E-state index in [4.69, 9.17) is 14.3 Å². The molecule has 0 amide bonds. The largest absolute Gasteiger partial charge is 0.497 e. The van der Waals surface area contributed by atoms with Crippen LogP contribution in [-0.4, -0.2) is 36.6 Å². The number of hydrogen-bond donors (Lipinski definition) is 0. The third-order valence-electron chi connectivity index (χ3n) is 6.23. The van der Waals surface area contributed by atoms with Crippen molar-refractivity contribution >= 4 is 17.6 Å². The Morgan fingerprint density at radius 2 is 1.38 bits per heavy atom. The predicted octanol–water partition coefficient (Wildman–Crippen LogP) is 7.65. The molecule has 1 aliphatic heterocycles. The van der Waals surface area contributed by atoms with E-state index in [1.165, 1.54) is 14.2 Å². The number of hydrogen-bond acceptors (Lipinski definition) is 6. The number of alkyl halides is 6. The number of thioether (sulfide) groups is 1. The summed E-state index contributed by atoms with van der Waals surface area (Å²) in [7, 11) is 3.00. The summed E-state index contributed by atoms with van der Waals surface area (Å²) in [6.45, 7) is 0.259. The van der Waals surface area contributed by atoms with Crippen LogP contribution in [0.15, 0.2) is 76.8 Å². The van der Waals surface area contributed by atoms with Gasteiger partial charge in [0.15, 0.2) is 0 Å². The van der Waals surface area contributed by atoms with E-state index in [1.54, 1.807) is 53.4 Å². The minimum Gasteiger partial charge on any atom is -0.497 e. The van der Waals surface area contributed by atoms with Gasteiger partial charge in [-0.1, -0.05) is 35.5 Å². The van der Waals surface area contributed by atoms with E-state index < -0.39 is 51.7 Å². The standard InChI is InChI=1S/C27H23F7N2O3S/c1-37-20-8-3-17(4-9-20)15-36(16-18-5-10-21(38-2)11-6-18)24-14-25(39-35-24,26(29,30)31)19-7-12-22(28)23(13-19)40-27(32,33)34/h3-13H,14-16H2,1-2H3. The molecule has 0 N–H and O–H groups in total. The van der Waals surface area contributed by atoms with Crippen LogP contribution in [-0.2, 0) is 23.5 Å². The number of oxime groups is 1. The molecule has 3 aromatic carbocycles. The van der Waals surface area contributed by atoms with Gasteiger partial charge in [-0.2, -0.15) is 26.3 Å². The van der Waals surface area contributed by atoms with Crippen LogP contribution in [0, 0.1) is 5.82 Å². The Hall–Kier alpha value is -3.61. The molecule has 0 radical (unpaired) electrons. The smallest absolute Gasteiger partial charge is 0.446 e. The first kappa shape index (κ1) is 29.4. The number of benzene rings is 3. The number of rotatable bonds is 8. The number of methoxy groups -OCH3 is 2. The normalized spacial score (nSPS) is 17.3. The lowest BCUT2D eigenvalue weighted by Gasteiger charge is -2.31. The van der Waals surface area contributed by atoms with Crippen LogP contribution < -0.4 is 9.47 Å². The van der Waals surface area contributed by atoms with Crippen LogP contribution in [0.25, 0.3) is 0 Å². The summed E-state index contributed by atoms with van der Waals surface area (Å²) >= 11 is -0.840. The minimum absolute atomic E-state index is 0.0849. The lowest BCUT2D eigenvalue weighted by Crippen LogP contribution is -2.44. The summed E-state index contributed by atoms with van der Waals surface area (Å²) in [6.07, 6.45) is -5.94.